The molecule has 2 N–H and O–H groups in total. The van der Waals surface area contributed by atoms with Crippen LogP contribution in [0.5, 0.6) is 0 Å². The largest absolute Gasteiger partial charge is 0.356 e. The molecule has 1 aromatic carbocycles. The van der Waals surface area contributed by atoms with Crippen molar-refractivity contribution in [2.75, 3.05) is 5.32 Å². The van der Waals surface area contributed by atoms with Gasteiger partial charge >= 0.3 is 0 Å². The van der Waals surface area contributed by atoms with Gasteiger partial charge in [0.1, 0.15) is 5.82 Å². The summed E-state index contributed by atoms with van der Waals surface area (Å²) in [5.41, 5.74) is 4.93. The molecular weight excluding hydrogens is 278 g/mol. The number of benzene rings is 1. The average molecular weight is 299 g/mol. The van der Waals surface area contributed by atoms with Crippen molar-refractivity contribution < 1.29 is 0 Å². The highest BCUT2D eigenvalue weighted by molar-refractivity contribution is 7.80. The Labute approximate surface area is 131 Å². The lowest BCUT2D eigenvalue weighted by Crippen LogP contribution is -2.31. The molecule has 21 heavy (non-hydrogen) atoms. The molecule has 1 heterocycles. The summed E-state index contributed by atoms with van der Waals surface area (Å²) in [6.45, 7) is 8.36. The molecule has 0 aliphatic carbocycles. The van der Waals surface area contributed by atoms with Crippen LogP contribution >= 0.6 is 12.2 Å². The zero-order valence-electron chi connectivity index (χ0n) is 12.9. The van der Waals surface area contributed by atoms with Crippen LogP contribution in [0, 0.1) is 20.8 Å². The summed E-state index contributed by atoms with van der Waals surface area (Å²) in [4.78, 5) is 4.25. The molecule has 2 aromatic rings. The van der Waals surface area contributed by atoms with Crippen molar-refractivity contribution in [2.45, 2.75) is 33.7 Å². The topological polar surface area (TPSA) is 37.0 Å². The maximum absolute atomic E-state index is 5.37. The number of nitrogens with zero attached hydrogens (tertiary/aromatic N) is 1. The van der Waals surface area contributed by atoms with Crippen molar-refractivity contribution in [3.05, 3.63) is 58.8 Å². The lowest BCUT2D eigenvalue weighted by atomic mass is 10.0. The smallest absolute Gasteiger partial charge is 0.172 e. The molecule has 0 saturated carbocycles. The third kappa shape index (κ3) is 4.26. The minimum Gasteiger partial charge on any atom is -0.356 e. The number of hydrogen-bond donors (Lipinski definition) is 2. The lowest BCUT2D eigenvalue weighted by molar-refractivity contribution is 0.716. The van der Waals surface area contributed by atoms with E-state index in [1.54, 1.807) is 6.20 Å². The highest BCUT2D eigenvalue weighted by Gasteiger charge is 2.10. The first-order valence-electron chi connectivity index (χ1n) is 7.03. The van der Waals surface area contributed by atoms with E-state index < -0.39 is 0 Å². The summed E-state index contributed by atoms with van der Waals surface area (Å²) in [5, 5.41) is 7.02. The molecule has 110 valence electrons. The fourth-order valence-electron chi connectivity index (χ4n) is 2.26. The quantitative estimate of drug-likeness (QED) is 0.838. The van der Waals surface area contributed by atoms with Gasteiger partial charge in [-0.05, 0) is 68.7 Å². The Hall–Kier alpha value is -1.94. The van der Waals surface area contributed by atoms with Crippen LogP contribution in [0.1, 0.15) is 35.2 Å². The molecule has 0 fully saturated rings. The minimum absolute atomic E-state index is 0.148. The summed E-state index contributed by atoms with van der Waals surface area (Å²) in [5.74, 6) is 0.765. The average Bonchev–Trinajstić information content (AvgIpc) is 2.41. The fourth-order valence-corrected chi connectivity index (χ4v) is 2.54. The van der Waals surface area contributed by atoms with E-state index in [9.17, 15) is 0 Å². The Morgan fingerprint density at radius 3 is 2.52 bits per heavy atom. The van der Waals surface area contributed by atoms with Crippen LogP contribution in [-0.4, -0.2) is 10.1 Å². The highest BCUT2D eigenvalue weighted by atomic mass is 32.1. The summed E-state index contributed by atoms with van der Waals surface area (Å²) in [7, 11) is 0. The van der Waals surface area contributed by atoms with Crippen molar-refractivity contribution in [1.29, 1.82) is 0 Å². The number of pyridine rings is 1. The van der Waals surface area contributed by atoms with E-state index in [2.05, 4.69) is 54.6 Å². The van der Waals surface area contributed by atoms with Gasteiger partial charge in [-0.1, -0.05) is 23.8 Å². The number of hydrogen-bond acceptors (Lipinski definition) is 2. The molecule has 0 saturated heterocycles. The summed E-state index contributed by atoms with van der Waals surface area (Å²) < 4.78 is 0. The van der Waals surface area contributed by atoms with E-state index in [-0.39, 0.29) is 6.04 Å². The second-order valence-electron chi connectivity index (χ2n) is 5.40. The molecule has 3 nitrogen and oxygen atoms in total. The van der Waals surface area contributed by atoms with Crippen LogP contribution in [-0.2, 0) is 0 Å². The van der Waals surface area contributed by atoms with E-state index in [1.807, 2.05) is 19.1 Å². The van der Waals surface area contributed by atoms with Gasteiger partial charge in [-0.3, -0.25) is 0 Å². The van der Waals surface area contributed by atoms with E-state index in [1.165, 1.54) is 16.7 Å². The maximum atomic E-state index is 5.37. The fraction of sp³-hybridized carbons (Fsp3) is 0.294. The van der Waals surface area contributed by atoms with E-state index >= 15 is 0 Å². The van der Waals surface area contributed by atoms with Crippen molar-refractivity contribution in [1.82, 2.24) is 10.3 Å². The van der Waals surface area contributed by atoms with Crippen LogP contribution in [0.2, 0.25) is 0 Å². The zero-order valence-corrected chi connectivity index (χ0v) is 13.7. The summed E-state index contributed by atoms with van der Waals surface area (Å²) >= 11 is 5.37. The second kappa shape index (κ2) is 6.68. The number of anilines is 1. The zero-order chi connectivity index (χ0) is 15.4. The van der Waals surface area contributed by atoms with Gasteiger partial charge in [0.25, 0.3) is 0 Å². The molecule has 0 aliphatic rings. The standard InChI is InChI=1S/C17H21N3S/c1-11-5-6-13(3)15(9-11)14(4)19-17(21)20-16-10-12(2)7-8-18-16/h5-10,14H,1-4H3,(H2,18,19,20,21)/t14-/m1/s1. The van der Waals surface area contributed by atoms with Crippen LogP contribution in [0.3, 0.4) is 0 Å². The van der Waals surface area contributed by atoms with Gasteiger partial charge in [-0.2, -0.15) is 0 Å². The van der Waals surface area contributed by atoms with Crippen molar-refractivity contribution >= 4 is 23.1 Å². The molecular formula is C17H21N3S. The molecule has 2 rings (SSSR count). The number of nitrogens with one attached hydrogen (secondary N) is 2. The summed E-state index contributed by atoms with van der Waals surface area (Å²) in [6, 6.07) is 10.5. The summed E-state index contributed by atoms with van der Waals surface area (Å²) in [6.07, 6.45) is 1.77. The van der Waals surface area contributed by atoms with Gasteiger partial charge in [-0.15, -0.1) is 0 Å². The van der Waals surface area contributed by atoms with Crippen molar-refractivity contribution in [2.24, 2.45) is 0 Å². The second-order valence-corrected chi connectivity index (χ2v) is 5.81. The van der Waals surface area contributed by atoms with Crippen molar-refractivity contribution in [3.8, 4) is 0 Å². The van der Waals surface area contributed by atoms with E-state index in [0.29, 0.717) is 5.11 Å². The Bertz CT molecular complexity index is 652. The maximum Gasteiger partial charge on any atom is 0.172 e. The molecule has 0 spiro atoms. The van der Waals surface area contributed by atoms with Crippen molar-refractivity contribution in [3.63, 3.8) is 0 Å². The Balaban J connectivity index is 2.03. The van der Waals surface area contributed by atoms with Crippen LogP contribution in [0.25, 0.3) is 0 Å². The molecule has 1 aromatic heterocycles. The molecule has 0 aliphatic heterocycles. The van der Waals surface area contributed by atoms with Gasteiger partial charge in [0.15, 0.2) is 5.11 Å². The third-order valence-corrected chi connectivity index (χ3v) is 3.63. The number of aryl methyl sites for hydroxylation is 3. The molecule has 1 atom stereocenters. The Kier molecular flexibility index (Phi) is 4.91. The SMILES string of the molecule is Cc1ccnc(NC(=S)N[C@H](C)c2cc(C)ccc2C)c1. The lowest BCUT2D eigenvalue weighted by Gasteiger charge is -2.19. The van der Waals surface area contributed by atoms with Gasteiger partial charge in [0.2, 0.25) is 0 Å². The van der Waals surface area contributed by atoms with Gasteiger partial charge < -0.3 is 10.6 Å². The molecule has 0 unspecified atom stereocenters. The van der Waals surface area contributed by atoms with E-state index in [4.69, 9.17) is 12.2 Å². The predicted molar refractivity (Wildman–Crippen MR) is 92.7 cm³/mol. The highest BCUT2D eigenvalue weighted by Crippen LogP contribution is 2.19. The van der Waals surface area contributed by atoms with Gasteiger partial charge in [0.05, 0.1) is 6.04 Å². The van der Waals surface area contributed by atoms with Gasteiger partial charge in [-0.25, -0.2) is 4.98 Å². The Morgan fingerprint density at radius 1 is 1.10 bits per heavy atom. The monoisotopic (exact) mass is 299 g/mol. The predicted octanol–water partition coefficient (Wildman–Crippen LogP) is 4.05. The van der Waals surface area contributed by atoms with Gasteiger partial charge in [0, 0.05) is 6.20 Å². The van der Waals surface area contributed by atoms with E-state index in [0.717, 1.165) is 11.4 Å². The third-order valence-electron chi connectivity index (χ3n) is 3.41. The van der Waals surface area contributed by atoms with Crippen LogP contribution in [0.4, 0.5) is 5.82 Å². The van der Waals surface area contributed by atoms with Crippen LogP contribution < -0.4 is 10.6 Å². The van der Waals surface area contributed by atoms with Crippen LogP contribution in [0.15, 0.2) is 36.5 Å². The normalized spacial score (nSPS) is 11.8. The number of rotatable bonds is 3. The molecule has 4 heteroatoms. The minimum atomic E-state index is 0.148. The molecule has 0 bridgehead atoms. The number of thiocarbonyl (C=S) groups is 1. The first kappa shape index (κ1) is 15.4. The first-order chi connectivity index (χ1) is 9.95. The number of aromatic nitrogens is 1. The first-order valence-corrected chi connectivity index (χ1v) is 7.44. The molecule has 0 amide bonds. The Morgan fingerprint density at radius 2 is 1.81 bits per heavy atom. The molecule has 0 radical (unpaired) electrons.